The molecule has 2 aliphatic heterocycles. The molecule has 172 valence electrons. The molecule has 4 rings (SSSR count). The third-order valence-electron chi connectivity index (χ3n) is 6.23. The first kappa shape index (κ1) is 22.1. The number of carbonyl (C=O) groups is 2. The number of benzene rings is 1. The van der Waals surface area contributed by atoms with Crippen molar-refractivity contribution in [2.75, 3.05) is 29.9 Å². The summed E-state index contributed by atoms with van der Waals surface area (Å²) in [4.78, 5) is 27.3. The largest absolute Gasteiger partial charge is 0.372 e. The molecule has 0 bridgehead atoms. The molecular weight excluding hydrogens is 406 g/mol. The van der Waals surface area contributed by atoms with Crippen molar-refractivity contribution in [2.45, 2.75) is 58.5 Å². The minimum Gasteiger partial charge on any atom is -0.372 e. The first-order valence-corrected chi connectivity index (χ1v) is 11.6. The number of nitrogens with zero attached hydrogens (tertiary/aromatic N) is 3. The van der Waals surface area contributed by atoms with Crippen molar-refractivity contribution in [1.29, 1.82) is 0 Å². The lowest BCUT2D eigenvalue weighted by Crippen LogP contribution is -2.45. The summed E-state index contributed by atoms with van der Waals surface area (Å²) in [5.74, 6) is 0.133. The van der Waals surface area contributed by atoms with Crippen LogP contribution < -0.4 is 21.0 Å². The van der Waals surface area contributed by atoms with Crippen molar-refractivity contribution in [2.24, 2.45) is 0 Å². The van der Waals surface area contributed by atoms with Gasteiger partial charge in [0.05, 0.1) is 18.2 Å². The van der Waals surface area contributed by atoms with Crippen LogP contribution in [0, 0.1) is 0 Å². The molecule has 3 heterocycles. The van der Waals surface area contributed by atoms with E-state index in [0.717, 1.165) is 42.8 Å². The Labute approximate surface area is 188 Å². The van der Waals surface area contributed by atoms with Crippen LogP contribution in [0.15, 0.2) is 24.3 Å². The van der Waals surface area contributed by atoms with Crippen molar-refractivity contribution >= 4 is 23.4 Å². The fraction of sp³-hybridized carbons (Fsp3) is 0.522. The molecule has 0 spiro atoms. The van der Waals surface area contributed by atoms with E-state index in [1.807, 2.05) is 19.1 Å². The molecule has 2 aromatic rings. The number of urea groups is 1. The predicted octanol–water partition coefficient (Wildman–Crippen LogP) is 3.08. The van der Waals surface area contributed by atoms with Crippen LogP contribution in [0.1, 0.15) is 62.3 Å². The van der Waals surface area contributed by atoms with Gasteiger partial charge in [-0.15, -0.1) is 0 Å². The standard InChI is InChI=1S/C23H33N7O2/c1-3-4-11-24-23(32)28-30-14-19-20(15-30)26-27-21(19)25-22(31)16(2)17-7-9-18(10-8-17)29-12-5-6-13-29/h7-10,16H,3-6,11-15H2,1-2H3,(H2,24,28,32)(H2,25,26,27,31). The van der Waals surface area contributed by atoms with Crippen LogP contribution in [0.5, 0.6) is 0 Å². The number of hydrazine groups is 1. The van der Waals surface area contributed by atoms with Crippen LogP contribution in [0.25, 0.3) is 0 Å². The Hall–Kier alpha value is -3.07. The smallest absolute Gasteiger partial charge is 0.329 e. The van der Waals surface area contributed by atoms with Crippen LogP contribution in [0.2, 0.25) is 0 Å². The van der Waals surface area contributed by atoms with Gasteiger partial charge in [-0.3, -0.25) is 15.3 Å². The first-order chi connectivity index (χ1) is 15.5. The maximum atomic E-state index is 12.9. The molecule has 32 heavy (non-hydrogen) atoms. The van der Waals surface area contributed by atoms with Gasteiger partial charge in [-0.25, -0.2) is 9.80 Å². The van der Waals surface area contributed by atoms with Gasteiger partial charge in [-0.1, -0.05) is 25.5 Å². The van der Waals surface area contributed by atoms with E-state index < -0.39 is 0 Å². The van der Waals surface area contributed by atoms with Gasteiger partial charge in [0.15, 0.2) is 5.82 Å². The highest BCUT2D eigenvalue weighted by Gasteiger charge is 2.28. The zero-order chi connectivity index (χ0) is 22.5. The summed E-state index contributed by atoms with van der Waals surface area (Å²) in [5.41, 5.74) is 6.85. The van der Waals surface area contributed by atoms with Gasteiger partial charge >= 0.3 is 6.03 Å². The maximum absolute atomic E-state index is 12.9. The number of aromatic amines is 1. The van der Waals surface area contributed by atoms with E-state index in [2.05, 4.69) is 50.2 Å². The van der Waals surface area contributed by atoms with Gasteiger partial charge in [0, 0.05) is 37.4 Å². The average molecular weight is 440 g/mol. The number of nitrogens with one attached hydrogen (secondary N) is 4. The maximum Gasteiger partial charge on any atom is 0.329 e. The molecule has 1 saturated heterocycles. The number of H-pyrrole nitrogens is 1. The Balaban J connectivity index is 1.32. The minimum absolute atomic E-state index is 0.100. The molecule has 1 atom stereocenters. The minimum atomic E-state index is -0.296. The van der Waals surface area contributed by atoms with Gasteiger partial charge < -0.3 is 15.5 Å². The van der Waals surface area contributed by atoms with Gasteiger partial charge in [-0.2, -0.15) is 5.10 Å². The third kappa shape index (κ3) is 5.04. The highest BCUT2D eigenvalue weighted by Crippen LogP contribution is 2.28. The monoisotopic (exact) mass is 439 g/mol. The summed E-state index contributed by atoms with van der Waals surface area (Å²) in [5, 5.41) is 14.9. The Kier molecular flexibility index (Phi) is 6.94. The lowest BCUT2D eigenvalue weighted by molar-refractivity contribution is -0.117. The zero-order valence-corrected chi connectivity index (χ0v) is 18.9. The average Bonchev–Trinajstić information content (AvgIpc) is 3.53. The van der Waals surface area contributed by atoms with Crippen molar-refractivity contribution in [1.82, 2.24) is 25.9 Å². The van der Waals surface area contributed by atoms with Crippen molar-refractivity contribution in [3.05, 3.63) is 41.1 Å². The third-order valence-corrected chi connectivity index (χ3v) is 6.23. The topological polar surface area (TPSA) is 105 Å². The molecule has 1 aromatic carbocycles. The van der Waals surface area contributed by atoms with Gasteiger partial charge in [0.25, 0.3) is 0 Å². The molecule has 3 amide bonds. The highest BCUT2D eigenvalue weighted by molar-refractivity contribution is 5.95. The Bertz CT molecular complexity index is 934. The molecule has 2 aliphatic rings. The number of hydrogen-bond acceptors (Lipinski definition) is 5. The summed E-state index contributed by atoms with van der Waals surface area (Å²) < 4.78 is 0. The Morgan fingerprint density at radius 2 is 1.91 bits per heavy atom. The number of amides is 3. The molecule has 0 aliphatic carbocycles. The second-order valence-electron chi connectivity index (χ2n) is 8.60. The molecule has 9 heteroatoms. The van der Waals surface area contributed by atoms with E-state index in [9.17, 15) is 9.59 Å². The van der Waals surface area contributed by atoms with Crippen LogP contribution in [0.4, 0.5) is 16.3 Å². The van der Waals surface area contributed by atoms with Crippen LogP contribution in [-0.4, -0.2) is 46.8 Å². The fourth-order valence-corrected chi connectivity index (χ4v) is 4.21. The summed E-state index contributed by atoms with van der Waals surface area (Å²) in [6, 6.07) is 8.07. The Morgan fingerprint density at radius 3 is 2.62 bits per heavy atom. The molecular formula is C23H33N7O2. The molecule has 1 unspecified atom stereocenters. The van der Waals surface area contributed by atoms with Crippen molar-refractivity contribution in [3.63, 3.8) is 0 Å². The van der Waals surface area contributed by atoms with E-state index in [4.69, 9.17) is 0 Å². The highest BCUT2D eigenvalue weighted by atomic mass is 16.2. The number of anilines is 2. The first-order valence-electron chi connectivity index (χ1n) is 11.6. The van der Waals surface area contributed by atoms with Crippen LogP contribution in [-0.2, 0) is 17.9 Å². The number of carbonyl (C=O) groups excluding carboxylic acids is 2. The Morgan fingerprint density at radius 1 is 1.16 bits per heavy atom. The van der Waals surface area contributed by atoms with E-state index in [1.54, 1.807) is 5.01 Å². The lowest BCUT2D eigenvalue weighted by atomic mass is 10.00. The van der Waals surface area contributed by atoms with Gasteiger partial charge in [0.1, 0.15) is 0 Å². The van der Waals surface area contributed by atoms with Gasteiger partial charge in [-0.05, 0) is 43.9 Å². The predicted molar refractivity (Wildman–Crippen MR) is 124 cm³/mol. The molecule has 0 saturated carbocycles. The summed E-state index contributed by atoms with van der Waals surface area (Å²) >= 11 is 0. The molecule has 1 fully saturated rings. The van der Waals surface area contributed by atoms with E-state index >= 15 is 0 Å². The van der Waals surface area contributed by atoms with Gasteiger partial charge in [0.2, 0.25) is 5.91 Å². The molecule has 0 radical (unpaired) electrons. The van der Waals surface area contributed by atoms with Crippen LogP contribution in [0.3, 0.4) is 0 Å². The van der Waals surface area contributed by atoms with Crippen LogP contribution >= 0.6 is 0 Å². The second kappa shape index (κ2) is 10.0. The number of unbranched alkanes of at least 4 members (excludes halogenated alkanes) is 1. The zero-order valence-electron chi connectivity index (χ0n) is 18.9. The molecule has 9 nitrogen and oxygen atoms in total. The molecule has 4 N–H and O–H groups in total. The summed E-state index contributed by atoms with van der Waals surface area (Å²) in [6.07, 6.45) is 4.46. The fourth-order valence-electron chi connectivity index (χ4n) is 4.21. The quantitative estimate of drug-likeness (QED) is 0.473. The summed E-state index contributed by atoms with van der Waals surface area (Å²) in [7, 11) is 0. The second-order valence-corrected chi connectivity index (χ2v) is 8.60. The number of fused-ring (bicyclic) bond motifs is 1. The molecule has 1 aromatic heterocycles. The number of aromatic nitrogens is 2. The lowest BCUT2D eigenvalue weighted by Gasteiger charge is -2.19. The van der Waals surface area contributed by atoms with E-state index in [-0.39, 0.29) is 17.9 Å². The summed E-state index contributed by atoms with van der Waals surface area (Å²) in [6.45, 7) is 7.86. The number of rotatable bonds is 8. The van der Waals surface area contributed by atoms with Crippen molar-refractivity contribution in [3.8, 4) is 0 Å². The van der Waals surface area contributed by atoms with Crippen molar-refractivity contribution < 1.29 is 9.59 Å². The SMILES string of the molecule is CCCCNC(=O)NN1Cc2[nH]nc(NC(=O)C(C)c3ccc(N4CCCC4)cc3)c2C1. The number of hydrogen-bond donors (Lipinski definition) is 4. The van der Waals surface area contributed by atoms with E-state index in [0.29, 0.717) is 25.5 Å². The van der Waals surface area contributed by atoms with E-state index in [1.165, 1.54) is 18.5 Å². The normalized spacial score (nSPS) is 16.6.